The maximum Gasteiger partial charge on any atom is 0.303 e. The van der Waals surface area contributed by atoms with Crippen LogP contribution in [0.4, 0.5) is 0 Å². The smallest absolute Gasteiger partial charge is 0.303 e. The maximum absolute atomic E-state index is 10.7. The second kappa shape index (κ2) is 5.67. The van der Waals surface area contributed by atoms with E-state index in [0.29, 0.717) is 12.3 Å². The molecule has 0 radical (unpaired) electrons. The van der Waals surface area contributed by atoms with Gasteiger partial charge in [0.05, 0.1) is 0 Å². The van der Waals surface area contributed by atoms with E-state index >= 15 is 0 Å². The average molecular weight is 225 g/mol. The zero-order chi connectivity index (χ0) is 11.4. The Morgan fingerprint density at radius 2 is 1.88 bits per heavy atom. The topological polar surface area (TPSA) is 49.3 Å². The van der Waals surface area contributed by atoms with Crippen molar-refractivity contribution in [2.24, 2.45) is 17.8 Å². The van der Waals surface area contributed by atoms with Crippen LogP contribution in [0.1, 0.15) is 44.9 Å². The predicted molar refractivity (Wildman–Crippen MR) is 63.3 cm³/mol. The molecule has 0 spiro atoms. The molecule has 0 bridgehead atoms. The number of piperidine rings is 1. The molecule has 3 nitrogen and oxygen atoms in total. The molecule has 1 heterocycles. The van der Waals surface area contributed by atoms with Crippen LogP contribution in [-0.4, -0.2) is 24.2 Å². The van der Waals surface area contributed by atoms with Crippen molar-refractivity contribution in [1.82, 2.24) is 5.32 Å². The van der Waals surface area contributed by atoms with E-state index < -0.39 is 5.97 Å². The van der Waals surface area contributed by atoms with E-state index in [4.69, 9.17) is 5.11 Å². The van der Waals surface area contributed by atoms with Crippen molar-refractivity contribution >= 4 is 5.97 Å². The first kappa shape index (κ1) is 11.9. The van der Waals surface area contributed by atoms with Gasteiger partial charge in [0.2, 0.25) is 0 Å². The van der Waals surface area contributed by atoms with Crippen LogP contribution in [-0.2, 0) is 4.79 Å². The van der Waals surface area contributed by atoms with Crippen molar-refractivity contribution in [3.05, 3.63) is 0 Å². The zero-order valence-corrected chi connectivity index (χ0v) is 9.95. The van der Waals surface area contributed by atoms with Crippen molar-refractivity contribution in [2.75, 3.05) is 13.1 Å². The fourth-order valence-electron chi connectivity index (χ4n) is 3.43. The normalized spacial score (nSPS) is 32.5. The molecule has 3 heteroatoms. The fraction of sp³-hybridized carbons (Fsp3) is 0.923. The highest BCUT2D eigenvalue weighted by Gasteiger charge is 2.29. The van der Waals surface area contributed by atoms with Gasteiger partial charge in [-0.3, -0.25) is 4.79 Å². The lowest BCUT2D eigenvalue weighted by molar-refractivity contribution is -0.138. The van der Waals surface area contributed by atoms with Crippen molar-refractivity contribution < 1.29 is 9.90 Å². The summed E-state index contributed by atoms with van der Waals surface area (Å²) in [6.45, 7) is 2.01. The van der Waals surface area contributed by atoms with E-state index in [-0.39, 0.29) is 0 Å². The van der Waals surface area contributed by atoms with Gasteiger partial charge >= 0.3 is 5.97 Å². The van der Waals surface area contributed by atoms with Crippen molar-refractivity contribution in [2.45, 2.75) is 44.9 Å². The second-order valence-electron chi connectivity index (χ2n) is 5.52. The molecule has 92 valence electrons. The van der Waals surface area contributed by atoms with Crippen LogP contribution in [0.25, 0.3) is 0 Å². The number of hydrogen-bond acceptors (Lipinski definition) is 2. The summed E-state index contributed by atoms with van der Waals surface area (Å²) in [5.41, 5.74) is 0. The lowest BCUT2D eigenvalue weighted by atomic mass is 9.74. The minimum atomic E-state index is -0.643. The maximum atomic E-state index is 10.7. The van der Waals surface area contributed by atoms with E-state index in [1.165, 1.54) is 32.1 Å². The van der Waals surface area contributed by atoms with Crippen LogP contribution < -0.4 is 5.32 Å². The van der Waals surface area contributed by atoms with Gasteiger partial charge in [-0.15, -0.1) is 0 Å². The first-order chi connectivity index (χ1) is 7.75. The number of hydrogen-bond donors (Lipinski definition) is 2. The van der Waals surface area contributed by atoms with Crippen LogP contribution in [0.3, 0.4) is 0 Å². The Morgan fingerprint density at radius 3 is 2.56 bits per heavy atom. The molecular weight excluding hydrogens is 202 g/mol. The molecule has 0 aromatic carbocycles. The third-order valence-corrected chi connectivity index (χ3v) is 4.26. The van der Waals surface area contributed by atoms with Crippen molar-refractivity contribution in [1.29, 1.82) is 0 Å². The summed E-state index contributed by atoms with van der Waals surface area (Å²) < 4.78 is 0. The van der Waals surface area contributed by atoms with Gasteiger partial charge in [0.15, 0.2) is 0 Å². The van der Waals surface area contributed by atoms with Crippen LogP contribution in [0.15, 0.2) is 0 Å². The van der Waals surface area contributed by atoms with Crippen molar-refractivity contribution in [3.63, 3.8) is 0 Å². The molecular formula is C13H23NO2. The number of rotatable bonds is 3. The number of nitrogens with one attached hydrogen (secondary N) is 1. The summed E-state index contributed by atoms with van der Waals surface area (Å²) in [5.74, 6) is 1.31. The second-order valence-corrected chi connectivity index (χ2v) is 5.52. The minimum Gasteiger partial charge on any atom is -0.481 e. The van der Waals surface area contributed by atoms with Crippen LogP contribution in [0.2, 0.25) is 0 Å². The van der Waals surface area contributed by atoms with Gasteiger partial charge in [0, 0.05) is 6.42 Å². The highest BCUT2D eigenvalue weighted by Crippen LogP contribution is 2.35. The van der Waals surface area contributed by atoms with Gasteiger partial charge in [0.25, 0.3) is 0 Å². The average Bonchev–Trinajstić information content (AvgIpc) is 2.30. The highest BCUT2D eigenvalue weighted by molar-refractivity contribution is 5.67. The van der Waals surface area contributed by atoms with Gasteiger partial charge in [-0.2, -0.15) is 0 Å². The number of carbonyl (C=O) groups is 1. The molecule has 0 unspecified atom stereocenters. The number of carboxylic acid groups (broad SMARTS) is 1. The quantitative estimate of drug-likeness (QED) is 0.774. The highest BCUT2D eigenvalue weighted by atomic mass is 16.4. The standard InChI is InChI=1S/C13H23NO2/c15-13(16)7-10-6-12(9-14-8-10)11-4-2-1-3-5-11/h10-12,14H,1-9H2,(H,15,16)/t10-,12-/m0/s1. The molecule has 1 saturated heterocycles. The van der Waals surface area contributed by atoms with Gasteiger partial charge in [-0.1, -0.05) is 32.1 Å². The summed E-state index contributed by atoms with van der Waals surface area (Å²) in [7, 11) is 0. The van der Waals surface area contributed by atoms with Gasteiger partial charge in [-0.05, 0) is 37.3 Å². The van der Waals surface area contributed by atoms with Gasteiger partial charge in [-0.25, -0.2) is 0 Å². The molecule has 2 N–H and O–H groups in total. The fourth-order valence-corrected chi connectivity index (χ4v) is 3.43. The van der Waals surface area contributed by atoms with E-state index in [0.717, 1.165) is 31.3 Å². The Kier molecular flexibility index (Phi) is 4.22. The third-order valence-electron chi connectivity index (χ3n) is 4.26. The molecule has 1 aliphatic heterocycles. The molecule has 16 heavy (non-hydrogen) atoms. The Balaban J connectivity index is 1.83. The molecule has 0 aromatic heterocycles. The molecule has 0 amide bonds. The van der Waals surface area contributed by atoms with E-state index in [1.54, 1.807) is 0 Å². The lowest BCUT2D eigenvalue weighted by Crippen LogP contribution is -2.40. The van der Waals surface area contributed by atoms with E-state index in [1.807, 2.05) is 0 Å². The van der Waals surface area contributed by atoms with E-state index in [2.05, 4.69) is 5.32 Å². The SMILES string of the molecule is O=C(O)C[C@H]1CNC[C@@H](C2CCCCC2)C1. The van der Waals surface area contributed by atoms with Crippen molar-refractivity contribution in [3.8, 4) is 0 Å². The first-order valence-corrected chi connectivity index (χ1v) is 6.68. The first-order valence-electron chi connectivity index (χ1n) is 6.68. The van der Waals surface area contributed by atoms with Crippen LogP contribution in [0.5, 0.6) is 0 Å². The molecule has 2 fully saturated rings. The molecule has 0 aromatic rings. The molecule has 1 aliphatic carbocycles. The minimum absolute atomic E-state index is 0.343. The predicted octanol–water partition coefficient (Wildman–Crippen LogP) is 2.27. The summed E-state index contributed by atoms with van der Waals surface area (Å²) >= 11 is 0. The summed E-state index contributed by atoms with van der Waals surface area (Å²) in [4.78, 5) is 10.7. The monoisotopic (exact) mass is 225 g/mol. The lowest BCUT2D eigenvalue weighted by Gasteiger charge is -2.36. The van der Waals surface area contributed by atoms with Gasteiger partial charge in [0.1, 0.15) is 0 Å². The summed E-state index contributed by atoms with van der Waals surface area (Å²) in [6, 6.07) is 0. The van der Waals surface area contributed by atoms with Gasteiger partial charge < -0.3 is 10.4 Å². The summed E-state index contributed by atoms with van der Waals surface area (Å²) in [6.07, 6.45) is 8.36. The zero-order valence-electron chi connectivity index (χ0n) is 9.95. The Bertz CT molecular complexity index is 236. The van der Waals surface area contributed by atoms with Crippen LogP contribution in [0, 0.1) is 17.8 Å². The van der Waals surface area contributed by atoms with E-state index in [9.17, 15) is 4.79 Å². The number of carboxylic acids is 1. The summed E-state index contributed by atoms with van der Waals surface area (Å²) in [5, 5.41) is 12.3. The Hall–Kier alpha value is -0.570. The molecule has 2 atom stereocenters. The Labute approximate surface area is 97.6 Å². The van der Waals surface area contributed by atoms with Crippen LogP contribution >= 0.6 is 0 Å². The molecule has 2 aliphatic rings. The largest absolute Gasteiger partial charge is 0.481 e. The molecule has 2 rings (SSSR count). The Morgan fingerprint density at radius 1 is 1.12 bits per heavy atom. The third kappa shape index (κ3) is 3.21. The number of aliphatic carboxylic acids is 1. The molecule has 1 saturated carbocycles.